The van der Waals surface area contributed by atoms with Gasteiger partial charge in [-0.1, -0.05) is 0 Å². The second-order valence-electron chi connectivity index (χ2n) is 6.14. The van der Waals surface area contributed by atoms with Crippen molar-refractivity contribution < 1.29 is 93.3 Å². The van der Waals surface area contributed by atoms with Gasteiger partial charge in [0.1, 0.15) is 0 Å². The third-order valence-corrected chi connectivity index (χ3v) is 4.39. The van der Waals surface area contributed by atoms with E-state index in [2.05, 4.69) is 0 Å². The SMILES string of the molecule is O=C(O)C1(F)C(F)(F)C(F)(F)C(F)(C(F)(F)C(F)(F)C(F)(F)C(F)(F)F)C(F)(F)C1(F)F. The van der Waals surface area contributed by atoms with E-state index >= 15 is 0 Å². The molecule has 32 heavy (non-hydrogen) atoms. The largest absolute Gasteiger partial charge is 0.479 e. The lowest BCUT2D eigenvalue weighted by Crippen LogP contribution is -2.91. The minimum Gasteiger partial charge on any atom is -0.479 e. The van der Waals surface area contributed by atoms with Crippen LogP contribution < -0.4 is 0 Å². The number of hydrogen-bond donors (Lipinski definition) is 1. The zero-order chi connectivity index (χ0) is 26.6. The normalized spacial score (nSPS) is 32.5. The zero-order valence-electron chi connectivity index (χ0n) is 13.5. The molecule has 1 N–H and O–H groups in total. The molecule has 21 heteroatoms. The van der Waals surface area contributed by atoms with Gasteiger partial charge in [-0.15, -0.1) is 0 Å². The van der Waals surface area contributed by atoms with E-state index in [1.165, 1.54) is 0 Å². The van der Waals surface area contributed by atoms with Crippen molar-refractivity contribution in [2.75, 3.05) is 0 Å². The van der Waals surface area contributed by atoms with Crippen molar-refractivity contribution in [2.45, 2.75) is 59.0 Å². The maximum Gasteiger partial charge on any atom is 0.460 e. The molecular formula is C11HF19O2. The minimum atomic E-state index is -9.21. The molecule has 0 aromatic carbocycles. The molecule has 0 heterocycles. The topological polar surface area (TPSA) is 37.3 Å². The van der Waals surface area contributed by atoms with Crippen LogP contribution in [0.15, 0.2) is 0 Å². The highest BCUT2D eigenvalue weighted by Gasteiger charge is 3.08. The highest BCUT2D eigenvalue weighted by Crippen LogP contribution is 2.74. The molecule has 1 rings (SSSR count). The van der Waals surface area contributed by atoms with E-state index in [1.807, 2.05) is 0 Å². The number of rotatable bonds is 4. The van der Waals surface area contributed by atoms with Gasteiger partial charge in [0.2, 0.25) is 0 Å². The van der Waals surface area contributed by atoms with E-state index in [9.17, 15) is 88.2 Å². The fourth-order valence-electron chi connectivity index (χ4n) is 2.51. The fraction of sp³-hybridized carbons (Fsp3) is 0.909. The van der Waals surface area contributed by atoms with Crippen LogP contribution in [-0.2, 0) is 4.79 Å². The molecule has 190 valence electrons. The van der Waals surface area contributed by atoms with Gasteiger partial charge in [0.05, 0.1) is 0 Å². The lowest BCUT2D eigenvalue weighted by atomic mass is 9.63. The number of carboxylic acids is 1. The van der Waals surface area contributed by atoms with Crippen LogP contribution in [0.4, 0.5) is 83.4 Å². The Morgan fingerprint density at radius 3 is 1.03 bits per heavy atom. The molecule has 1 saturated carbocycles. The van der Waals surface area contributed by atoms with Crippen LogP contribution in [0.3, 0.4) is 0 Å². The molecule has 0 unspecified atom stereocenters. The lowest BCUT2D eigenvalue weighted by molar-refractivity contribution is -0.505. The molecule has 0 radical (unpaired) electrons. The van der Waals surface area contributed by atoms with Crippen LogP contribution in [0.5, 0.6) is 0 Å². The molecule has 1 fully saturated rings. The highest BCUT2D eigenvalue weighted by molar-refractivity contribution is 5.82. The van der Waals surface area contributed by atoms with Crippen molar-refractivity contribution in [1.82, 2.24) is 0 Å². The molecule has 1 aliphatic rings. The Morgan fingerprint density at radius 2 is 0.812 bits per heavy atom. The van der Waals surface area contributed by atoms with Gasteiger partial charge in [0, 0.05) is 0 Å². The maximum absolute atomic E-state index is 14.2. The van der Waals surface area contributed by atoms with Crippen molar-refractivity contribution in [3.63, 3.8) is 0 Å². The molecule has 1 aliphatic carbocycles. The number of hydrogen-bond acceptors (Lipinski definition) is 1. The minimum absolute atomic E-state index is 4.73. The van der Waals surface area contributed by atoms with Crippen LogP contribution in [0.2, 0.25) is 0 Å². The van der Waals surface area contributed by atoms with Gasteiger partial charge in [-0.2, -0.15) is 74.6 Å². The molecule has 0 aromatic heterocycles. The van der Waals surface area contributed by atoms with Gasteiger partial charge in [0.25, 0.3) is 0 Å². The van der Waals surface area contributed by atoms with Gasteiger partial charge in [-0.25, -0.2) is 13.6 Å². The summed E-state index contributed by atoms with van der Waals surface area (Å²) in [5.74, 6) is -65.8. The summed E-state index contributed by atoms with van der Waals surface area (Å²) in [5, 5.41) is 7.97. The Morgan fingerprint density at radius 1 is 0.531 bits per heavy atom. The fourth-order valence-corrected chi connectivity index (χ4v) is 2.51. The summed E-state index contributed by atoms with van der Waals surface area (Å²) >= 11 is 0. The first-order valence-electron chi connectivity index (χ1n) is 6.77. The van der Waals surface area contributed by atoms with Gasteiger partial charge < -0.3 is 5.11 Å². The Labute approximate surface area is 159 Å². The Balaban J connectivity index is 4.23. The molecular weight excluding hydrogens is 525 g/mol. The van der Waals surface area contributed by atoms with Crippen LogP contribution in [-0.4, -0.2) is 70.0 Å². The van der Waals surface area contributed by atoms with Crippen molar-refractivity contribution in [1.29, 1.82) is 0 Å². The average molecular weight is 526 g/mol. The van der Waals surface area contributed by atoms with Gasteiger partial charge in [-0.05, 0) is 0 Å². The van der Waals surface area contributed by atoms with Gasteiger partial charge >= 0.3 is 64.9 Å². The third-order valence-electron chi connectivity index (χ3n) is 4.39. The molecule has 0 aromatic rings. The first-order valence-corrected chi connectivity index (χ1v) is 6.77. The van der Waals surface area contributed by atoms with Crippen molar-refractivity contribution in [3.05, 3.63) is 0 Å². The molecule has 0 saturated heterocycles. The average Bonchev–Trinajstić information content (AvgIpc) is 2.56. The van der Waals surface area contributed by atoms with E-state index in [1.54, 1.807) is 0 Å². The molecule has 2 nitrogen and oxygen atoms in total. The third kappa shape index (κ3) is 2.34. The first-order chi connectivity index (χ1) is 13.4. The van der Waals surface area contributed by atoms with E-state index in [0.717, 1.165) is 0 Å². The van der Waals surface area contributed by atoms with E-state index in [-0.39, 0.29) is 0 Å². The Bertz CT molecular complexity index is 764. The summed E-state index contributed by atoms with van der Waals surface area (Å²) in [6, 6.07) is 0. The zero-order valence-corrected chi connectivity index (χ0v) is 13.5. The number of halogens is 19. The Hall–Kier alpha value is -1.86. The van der Waals surface area contributed by atoms with E-state index in [0.29, 0.717) is 0 Å². The standard InChI is InChI=1S/C11HF19O2/c12-2(1(31)32)4(14,15)6(18,19)3(13,7(20,21)5(2,16)17)8(22,23)9(24,25)10(26,27)11(28,29)30/h(H,31,32). The van der Waals surface area contributed by atoms with Gasteiger partial charge in [-0.3, -0.25) is 0 Å². The summed E-state index contributed by atoms with van der Waals surface area (Å²) < 4.78 is 252. The van der Waals surface area contributed by atoms with Crippen molar-refractivity contribution >= 4 is 5.97 Å². The van der Waals surface area contributed by atoms with Crippen LogP contribution in [0.25, 0.3) is 0 Å². The number of alkyl halides is 19. The van der Waals surface area contributed by atoms with Crippen molar-refractivity contribution in [2.24, 2.45) is 0 Å². The van der Waals surface area contributed by atoms with Gasteiger partial charge in [0.15, 0.2) is 0 Å². The second kappa shape index (κ2) is 6.17. The monoisotopic (exact) mass is 526 g/mol. The van der Waals surface area contributed by atoms with Crippen LogP contribution in [0, 0.1) is 0 Å². The lowest BCUT2D eigenvalue weighted by Gasteiger charge is -2.56. The quantitative estimate of drug-likeness (QED) is 0.491. The highest BCUT2D eigenvalue weighted by atomic mass is 19.4. The number of carboxylic acid groups (broad SMARTS) is 1. The smallest absolute Gasteiger partial charge is 0.460 e. The van der Waals surface area contributed by atoms with Crippen LogP contribution in [0.1, 0.15) is 0 Å². The van der Waals surface area contributed by atoms with Crippen molar-refractivity contribution in [3.8, 4) is 0 Å². The predicted molar refractivity (Wildman–Crippen MR) is 56.0 cm³/mol. The number of aliphatic carboxylic acids is 1. The summed E-state index contributed by atoms with van der Waals surface area (Å²) in [6.45, 7) is 0. The Kier molecular flexibility index (Phi) is 5.43. The summed E-state index contributed by atoms with van der Waals surface area (Å²) in [4.78, 5) is 10.3. The predicted octanol–water partition coefficient (Wildman–Crippen LogP) is 5.51. The summed E-state index contributed by atoms with van der Waals surface area (Å²) in [7, 11) is 0. The first kappa shape index (κ1) is 28.2. The molecule has 0 bridgehead atoms. The number of carbonyl (C=O) groups is 1. The molecule has 0 amide bonds. The molecule has 0 atom stereocenters. The van der Waals surface area contributed by atoms with E-state index in [4.69, 9.17) is 5.11 Å². The van der Waals surface area contributed by atoms with E-state index < -0.39 is 64.9 Å². The molecule has 0 aliphatic heterocycles. The maximum atomic E-state index is 14.2. The molecule has 0 spiro atoms. The summed E-state index contributed by atoms with van der Waals surface area (Å²) in [6.07, 6.45) is -8.05. The second-order valence-corrected chi connectivity index (χ2v) is 6.14. The summed E-state index contributed by atoms with van der Waals surface area (Å²) in [5.41, 5.74) is -16.9. The van der Waals surface area contributed by atoms with Crippen LogP contribution >= 0.6 is 0 Å².